The van der Waals surface area contributed by atoms with Crippen LogP contribution in [0.3, 0.4) is 0 Å². The van der Waals surface area contributed by atoms with Gasteiger partial charge in [-0.3, -0.25) is 4.79 Å². The molecule has 0 unspecified atom stereocenters. The van der Waals surface area contributed by atoms with Crippen molar-refractivity contribution in [3.05, 3.63) is 12.2 Å². The Labute approximate surface area is 88.4 Å². The SMILES string of the molecule is CCCNCC(=O)NCCc1ncon1. The molecule has 0 aromatic carbocycles. The van der Waals surface area contributed by atoms with E-state index in [9.17, 15) is 4.79 Å². The third kappa shape index (κ3) is 5.11. The van der Waals surface area contributed by atoms with Gasteiger partial charge in [0.05, 0.1) is 6.54 Å². The highest BCUT2D eigenvalue weighted by molar-refractivity contribution is 5.77. The lowest BCUT2D eigenvalue weighted by atomic mass is 10.4. The molecule has 0 radical (unpaired) electrons. The van der Waals surface area contributed by atoms with Gasteiger partial charge in [0, 0.05) is 13.0 Å². The summed E-state index contributed by atoms with van der Waals surface area (Å²) in [4.78, 5) is 15.1. The predicted octanol–water partition coefficient (Wildman–Crippen LogP) is -0.272. The number of nitrogens with zero attached hydrogens (tertiary/aromatic N) is 2. The van der Waals surface area contributed by atoms with Crippen LogP contribution in [0.15, 0.2) is 10.9 Å². The molecule has 0 aliphatic heterocycles. The van der Waals surface area contributed by atoms with Gasteiger partial charge in [-0.05, 0) is 13.0 Å². The Morgan fingerprint density at radius 2 is 2.40 bits per heavy atom. The minimum atomic E-state index is -0.00746. The summed E-state index contributed by atoms with van der Waals surface area (Å²) in [5.74, 6) is 0.601. The standard InChI is InChI=1S/C9H16N4O2/c1-2-4-10-6-9(14)11-5-3-8-12-7-15-13-8/h7,10H,2-6H2,1H3,(H,11,14). The summed E-state index contributed by atoms with van der Waals surface area (Å²) in [5.41, 5.74) is 0. The first-order valence-corrected chi connectivity index (χ1v) is 5.05. The lowest BCUT2D eigenvalue weighted by Crippen LogP contribution is -2.35. The molecule has 6 nitrogen and oxygen atoms in total. The van der Waals surface area contributed by atoms with Crippen LogP contribution in [-0.2, 0) is 11.2 Å². The molecule has 1 rings (SSSR count). The highest BCUT2D eigenvalue weighted by Gasteiger charge is 2.01. The molecule has 0 bridgehead atoms. The van der Waals surface area contributed by atoms with Gasteiger partial charge in [0.1, 0.15) is 0 Å². The van der Waals surface area contributed by atoms with Crippen molar-refractivity contribution >= 4 is 5.91 Å². The van der Waals surface area contributed by atoms with E-state index in [0.29, 0.717) is 25.3 Å². The monoisotopic (exact) mass is 212 g/mol. The van der Waals surface area contributed by atoms with Gasteiger partial charge in [-0.2, -0.15) is 4.98 Å². The molecule has 1 heterocycles. The second kappa shape index (κ2) is 6.94. The Balaban J connectivity index is 2.02. The molecule has 0 aliphatic carbocycles. The Kier molecular flexibility index (Phi) is 5.39. The van der Waals surface area contributed by atoms with E-state index in [1.165, 1.54) is 6.39 Å². The number of hydrogen-bond acceptors (Lipinski definition) is 5. The molecule has 15 heavy (non-hydrogen) atoms. The zero-order valence-corrected chi connectivity index (χ0v) is 8.82. The van der Waals surface area contributed by atoms with Crippen molar-refractivity contribution in [2.75, 3.05) is 19.6 Å². The molecule has 1 aromatic heterocycles. The number of carbonyl (C=O) groups is 1. The Morgan fingerprint density at radius 3 is 3.07 bits per heavy atom. The minimum absolute atomic E-state index is 0.00746. The van der Waals surface area contributed by atoms with Crippen LogP contribution in [0.25, 0.3) is 0 Å². The fourth-order valence-corrected chi connectivity index (χ4v) is 1.06. The summed E-state index contributed by atoms with van der Waals surface area (Å²) in [6, 6.07) is 0. The summed E-state index contributed by atoms with van der Waals surface area (Å²) in [6.45, 7) is 3.81. The zero-order chi connectivity index (χ0) is 10.9. The molecule has 0 fully saturated rings. The number of carbonyl (C=O) groups excluding carboxylic acids is 1. The Bertz CT molecular complexity index is 274. The number of nitrogens with one attached hydrogen (secondary N) is 2. The summed E-state index contributed by atoms with van der Waals surface area (Å²) in [6.07, 6.45) is 2.89. The molecule has 0 spiro atoms. The van der Waals surface area contributed by atoms with Gasteiger partial charge in [0.2, 0.25) is 12.3 Å². The van der Waals surface area contributed by atoms with E-state index < -0.39 is 0 Å². The summed E-state index contributed by atoms with van der Waals surface area (Å²) < 4.78 is 4.57. The second-order valence-corrected chi connectivity index (χ2v) is 3.12. The molecule has 0 saturated heterocycles. The van der Waals surface area contributed by atoms with E-state index in [1.54, 1.807) is 0 Å². The van der Waals surface area contributed by atoms with E-state index in [1.807, 2.05) is 0 Å². The van der Waals surface area contributed by atoms with Crippen LogP contribution in [0.5, 0.6) is 0 Å². The van der Waals surface area contributed by atoms with Gasteiger partial charge in [-0.15, -0.1) is 0 Å². The highest BCUT2D eigenvalue weighted by atomic mass is 16.5. The van der Waals surface area contributed by atoms with Gasteiger partial charge >= 0.3 is 0 Å². The van der Waals surface area contributed by atoms with Crippen molar-refractivity contribution in [3.8, 4) is 0 Å². The van der Waals surface area contributed by atoms with E-state index in [4.69, 9.17) is 0 Å². The van der Waals surface area contributed by atoms with E-state index >= 15 is 0 Å². The average molecular weight is 212 g/mol. The average Bonchev–Trinajstić information content (AvgIpc) is 2.71. The molecular formula is C9H16N4O2. The quantitative estimate of drug-likeness (QED) is 0.608. The zero-order valence-electron chi connectivity index (χ0n) is 8.82. The molecule has 0 aliphatic rings. The smallest absolute Gasteiger partial charge is 0.233 e. The first kappa shape index (κ1) is 11.6. The van der Waals surface area contributed by atoms with Gasteiger partial charge in [-0.25, -0.2) is 0 Å². The number of hydrogen-bond donors (Lipinski definition) is 2. The summed E-state index contributed by atoms with van der Waals surface area (Å²) >= 11 is 0. The van der Waals surface area contributed by atoms with Crippen molar-refractivity contribution in [2.45, 2.75) is 19.8 Å². The molecule has 2 N–H and O–H groups in total. The molecular weight excluding hydrogens is 196 g/mol. The van der Waals surface area contributed by atoms with E-state index in [0.717, 1.165) is 13.0 Å². The van der Waals surface area contributed by atoms with Crippen LogP contribution >= 0.6 is 0 Å². The van der Waals surface area contributed by atoms with Crippen LogP contribution < -0.4 is 10.6 Å². The third-order valence-corrected chi connectivity index (χ3v) is 1.79. The van der Waals surface area contributed by atoms with Crippen LogP contribution in [0.2, 0.25) is 0 Å². The van der Waals surface area contributed by atoms with Gasteiger partial charge < -0.3 is 15.2 Å². The first-order chi connectivity index (χ1) is 7.33. The van der Waals surface area contributed by atoms with Gasteiger partial charge in [0.25, 0.3) is 0 Å². The maximum Gasteiger partial charge on any atom is 0.233 e. The number of aromatic nitrogens is 2. The van der Waals surface area contributed by atoms with Crippen LogP contribution in [0.4, 0.5) is 0 Å². The van der Waals surface area contributed by atoms with Crippen LogP contribution in [0, 0.1) is 0 Å². The fourth-order valence-electron chi connectivity index (χ4n) is 1.06. The van der Waals surface area contributed by atoms with Crippen LogP contribution in [-0.4, -0.2) is 35.7 Å². The second-order valence-electron chi connectivity index (χ2n) is 3.12. The van der Waals surface area contributed by atoms with Crippen molar-refractivity contribution in [1.29, 1.82) is 0 Å². The van der Waals surface area contributed by atoms with Crippen molar-refractivity contribution < 1.29 is 9.32 Å². The topological polar surface area (TPSA) is 80.0 Å². The predicted molar refractivity (Wildman–Crippen MR) is 54.2 cm³/mol. The number of rotatable bonds is 7. The molecule has 1 aromatic rings. The Morgan fingerprint density at radius 1 is 1.53 bits per heavy atom. The third-order valence-electron chi connectivity index (χ3n) is 1.79. The van der Waals surface area contributed by atoms with Gasteiger partial charge in [0.15, 0.2) is 5.82 Å². The lowest BCUT2D eigenvalue weighted by Gasteiger charge is -2.04. The van der Waals surface area contributed by atoms with E-state index in [-0.39, 0.29) is 5.91 Å². The molecule has 84 valence electrons. The molecule has 1 amide bonds. The maximum atomic E-state index is 11.2. The van der Waals surface area contributed by atoms with Gasteiger partial charge in [-0.1, -0.05) is 12.1 Å². The molecule has 0 saturated carbocycles. The Hall–Kier alpha value is -1.43. The largest absolute Gasteiger partial charge is 0.355 e. The first-order valence-electron chi connectivity index (χ1n) is 5.05. The highest BCUT2D eigenvalue weighted by Crippen LogP contribution is 1.87. The minimum Gasteiger partial charge on any atom is -0.355 e. The van der Waals surface area contributed by atoms with Crippen molar-refractivity contribution in [2.24, 2.45) is 0 Å². The normalized spacial score (nSPS) is 10.2. The number of amides is 1. The summed E-state index contributed by atoms with van der Waals surface area (Å²) in [7, 11) is 0. The maximum absolute atomic E-state index is 11.2. The molecule has 0 atom stereocenters. The van der Waals surface area contributed by atoms with Crippen molar-refractivity contribution in [1.82, 2.24) is 20.8 Å². The van der Waals surface area contributed by atoms with Crippen LogP contribution in [0.1, 0.15) is 19.2 Å². The fraction of sp³-hybridized carbons (Fsp3) is 0.667. The molecule has 6 heteroatoms. The van der Waals surface area contributed by atoms with E-state index in [2.05, 4.69) is 32.2 Å². The lowest BCUT2D eigenvalue weighted by molar-refractivity contribution is -0.120. The van der Waals surface area contributed by atoms with Crippen molar-refractivity contribution in [3.63, 3.8) is 0 Å². The summed E-state index contributed by atoms with van der Waals surface area (Å²) in [5, 5.41) is 9.41.